The third-order valence-corrected chi connectivity index (χ3v) is 5.45. The van der Waals surface area contributed by atoms with Crippen molar-refractivity contribution in [2.45, 2.75) is 72.0 Å². The molecule has 2 aromatic rings. The highest BCUT2D eigenvalue weighted by Gasteiger charge is 2.28. The lowest BCUT2D eigenvalue weighted by molar-refractivity contribution is 0.322. The largest absolute Gasteiger partial charge is 0.173 e. The van der Waals surface area contributed by atoms with Crippen molar-refractivity contribution in [1.82, 2.24) is 0 Å². The van der Waals surface area contributed by atoms with Gasteiger partial charge in [0, 0.05) is 9.64 Å². The second-order valence-corrected chi connectivity index (χ2v) is 9.13. The van der Waals surface area contributed by atoms with Gasteiger partial charge in [-0.2, -0.15) is 12.6 Å². The Balaban J connectivity index is 0.000000493. The monoisotopic (exact) mass is 376 g/mol. The molecule has 2 heteroatoms. The van der Waals surface area contributed by atoms with Crippen LogP contribution >= 0.6 is 25.3 Å². The van der Waals surface area contributed by atoms with Crippen LogP contribution in [-0.4, -0.2) is 4.75 Å². The summed E-state index contributed by atoms with van der Waals surface area (Å²) in [5.41, 5.74) is 2.92. The van der Waals surface area contributed by atoms with E-state index in [0.29, 0.717) is 5.41 Å². The van der Waals surface area contributed by atoms with Gasteiger partial charge in [0.05, 0.1) is 0 Å². The summed E-state index contributed by atoms with van der Waals surface area (Å²) in [6.07, 6.45) is 4.21. The summed E-state index contributed by atoms with van der Waals surface area (Å²) in [5.74, 6) is 0. The van der Waals surface area contributed by atoms with Crippen molar-refractivity contribution >= 4 is 42.1 Å². The Labute approximate surface area is 166 Å². The molecule has 0 radical (unpaired) electrons. The van der Waals surface area contributed by atoms with Gasteiger partial charge in [0.25, 0.3) is 0 Å². The highest BCUT2D eigenvalue weighted by Crippen LogP contribution is 2.34. The highest BCUT2D eigenvalue weighted by atomic mass is 32.1. The first-order chi connectivity index (χ1) is 11.5. The molecular formula is C23H36S2. The summed E-state index contributed by atoms with van der Waals surface area (Å²) in [6.45, 7) is 19.1. The third-order valence-electron chi connectivity index (χ3n) is 4.50. The van der Waals surface area contributed by atoms with E-state index in [1.165, 1.54) is 21.9 Å². The Hall–Kier alpha value is -0.860. The number of aryl methyl sites for hydroxylation is 1. The Bertz CT molecular complexity index is 672. The third kappa shape index (κ3) is 7.50. The van der Waals surface area contributed by atoms with E-state index in [-0.39, 0.29) is 4.75 Å². The lowest BCUT2D eigenvalue weighted by Gasteiger charge is -2.33. The number of benzene rings is 2. The summed E-state index contributed by atoms with van der Waals surface area (Å²) in [7, 11) is 0. The minimum absolute atomic E-state index is 0.132. The van der Waals surface area contributed by atoms with E-state index >= 15 is 0 Å². The van der Waals surface area contributed by atoms with Gasteiger partial charge in [-0.15, -0.1) is 12.6 Å². The van der Waals surface area contributed by atoms with Crippen LogP contribution in [0.2, 0.25) is 0 Å². The molecule has 0 heterocycles. The Morgan fingerprint density at radius 3 is 1.88 bits per heavy atom. The lowest BCUT2D eigenvalue weighted by Crippen LogP contribution is -2.30. The fourth-order valence-electron chi connectivity index (χ4n) is 1.85. The van der Waals surface area contributed by atoms with Crippen LogP contribution in [0.4, 0.5) is 0 Å². The van der Waals surface area contributed by atoms with Crippen molar-refractivity contribution < 1.29 is 0 Å². The molecule has 0 aliphatic carbocycles. The van der Waals surface area contributed by atoms with Crippen molar-refractivity contribution in [3.05, 3.63) is 47.5 Å². The Morgan fingerprint density at radius 2 is 1.44 bits per heavy atom. The van der Waals surface area contributed by atoms with Gasteiger partial charge in [0.1, 0.15) is 0 Å². The second kappa shape index (κ2) is 10.3. The van der Waals surface area contributed by atoms with Crippen LogP contribution in [0.3, 0.4) is 0 Å². The molecule has 0 fully saturated rings. The quantitative estimate of drug-likeness (QED) is 0.460. The first kappa shape index (κ1) is 24.1. The topological polar surface area (TPSA) is 0 Å². The minimum atomic E-state index is 0.132. The summed E-state index contributed by atoms with van der Waals surface area (Å²) in [6, 6.07) is 10.6. The van der Waals surface area contributed by atoms with Crippen molar-refractivity contribution in [2.24, 2.45) is 5.41 Å². The molecule has 0 spiro atoms. The van der Waals surface area contributed by atoms with E-state index < -0.39 is 0 Å². The average Bonchev–Trinajstić information content (AvgIpc) is 2.51. The van der Waals surface area contributed by atoms with E-state index in [9.17, 15) is 0 Å². The summed E-state index contributed by atoms with van der Waals surface area (Å²) in [4.78, 5) is 1.01. The highest BCUT2D eigenvalue weighted by molar-refractivity contribution is 7.81. The van der Waals surface area contributed by atoms with Crippen LogP contribution in [0.25, 0.3) is 16.8 Å². The average molecular weight is 377 g/mol. The maximum Gasteiger partial charge on any atom is 0.0121 e. The van der Waals surface area contributed by atoms with Crippen LogP contribution in [0.5, 0.6) is 0 Å². The molecule has 25 heavy (non-hydrogen) atoms. The van der Waals surface area contributed by atoms with Gasteiger partial charge in [-0.25, -0.2) is 0 Å². The molecule has 0 amide bonds. The van der Waals surface area contributed by atoms with E-state index in [1.54, 1.807) is 0 Å². The number of allylic oxidation sites excluding steroid dienone is 1. The van der Waals surface area contributed by atoms with Gasteiger partial charge in [0.15, 0.2) is 0 Å². The summed E-state index contributed by atoms with van der Waals surface area (Å²) < 4.78 is 0.132. The zero-order valence-electron chi connectivity index (χ0n) is 17.4. The van der Waals surface area contributed by atoms with Crippen LogP contribution in [0.1, 0.15) is 66.5 Å². The fourth-order valence-corrected chi connectivity index (χ4v) is 2.06. The van der Waals surface area contributed by atoms with Gasteiger partial charge in [-0.3, -0.25) is 0 Å². The maximum atomic E-state index is 4.44. The summed E-state index contributed by atoms with van der Waals surface area (Å²) >= 11 is 8.78. The standard InChI is InChI=1S/C14H14S.C7H16S.C2H6/c1-3-4-11-5-6-12-9-13(15)7-8-14(12)10(11)2;1-6(2,3)7(4,5)8;1-2/h3-9,15H,1-2H3;8H,1-5H3;1-2H3/b4-3-;;. The number of thiol groups is 2. The van der Waals surface area contributed by atoms with E-state index in [1.807, 2.05) is 26.8 Å². The molecule has 0 saturated heterocycles. The first-order valence-corrected chi connectivity index (χ1v) is 9.94. The smallest absolute Gasteiger partial charge is 0.0121 e. The van der Waals surface area contributed by atoms with Crippen LogP contribution in [-0.2, 0) is 0 Å². The molecule has 2 aromatic carbocycles. The van der Waals surface area contributed by atoms with Gasteiger partial charge < -0.3 is 0 Å². The molecule has 0 aliphatic heterocycles. The molecule has 0 nitrogen and oxygen atoms in total. The zero-order valence-corrected chi connectivity index (χ0v) is 19.2. The van der Waals surface area contributed by atoms with Crippen LogP contribution in [0, 0.1) is 12.3 Å². The molecule has 0 atom stereocenters. The predicted octanol–water partition coefficient (Wildman–Crippen LogP) is 8.24. The van der Waals surface area contributed by atoms with Gasteiger partial charge in [0.2, 0.25) is 0 Å². The van der Waals surface area contributed by atoms with E-state index in [4.69, 9.17) is 0 Å². The summed E-state index contributed by atoms with van der Waals surface area (Å²) in [5, 5.41) is 2.57. The fraction of sp³-hybridized carbons (Fsp3) is 0.478. The first-order valence-electron chi connectivity index (χ1n) is 9.05. The number of fused-ring (bicyclic) bond motifs is 1. The number of hydrogen-bond acceptors (Lipinski definition) is 2. The van der Waals surface area contributed by atoms with E-state index in [2.05, 4.69) is 103 Å². The van der Waals surface area contributed by atoms with Crippen LogP contribution < -0.4 is 0 Å². The van der Waals surface area contributed by atoms with Crippen LogP contribution in [0.15, 0.2) is 41.3 Å². The second-order valence-electron chi connectivity index (χ2n) is 7.49. The molecule has 0 aromatic heterocycles. The van der Waals surface area contributed by atoms with Gasteiger partial charge >= 0.3 is 0 Å². The zero-order chi connectivity index (χ0) is 19.8. The molecule has 0 saturated carbocycles. The van der Waals surface area contributed by atoms with Crippen molar-refractivity contribution in [1.29, 1.82) is 0 Å². The Kier molecular flexibility index (Phi) is 9.97. The molecule has 0 aliphatic rings. The Morgan fingerprint density at radius 1 is 0.920 bits per heavy atom. The molecule has 140 valence electrons. The molecule has 2 rings (SSSR count). The lowest BCUT2D eigenvalue weighted by atomic mass is 9.83. The van der Waals surface area contributed by atoms with Crippen molar-refractivity contribution in [3.8, 4) is 0 Å². The molecular weight excluding hydrogens is 340 g/mol. The molecule has 0 N–H and O–H groups in total. The normalized spacial score (nSPS) is 11.6. The number of rotatable bonds is 1. The predicted molar refractivity (Wildman–Crippen MR) is 125 cm³/mol. The molecule has 0 unspecified atom stereocenters. The van der Waals surface area contributed by atoms with Crippen molar-refractivity contribution in [3.63, 3.8) is 0 Å². The van der Waals surface area contributed by atoms with E-state index in [0.717, 1.165) is 4.90 Å². The number of hydrogen-bond donors (Lipinski definition) is 2. The SMILES string of the molecule is C/C=C\c1ccc2cc(S)ccc2c1C.CC.CC(C)(C)C(C)(C)S. The maximum absolute atomic E-state index is 4.44. The minimum Gasteiger partial charge on any atom is -0.173 e. The van der Waals surface area contributed by atoms with Gasteiger partial charge in [-0.05, 0) is 53.3 Å². The van der Waals surface area contributed by atoms with Crippen molar-refractivity contribution in [2.75, 3.05) is 0 Å². The van der Waals surface area contributed by atoms with Gasteiger partial charge in [-0.1, -0.05) is 78.8 Å². The molecule has 0 bridgehead atoms.